The van der Waals surface area contributed by atoms with Gasteiger partial charge in [-0.1, -0.05) is 54.1 Å². The van der Waals surface area contributed by atoms with Crippen LogP contribution in [0.25, 0.3) is 0 Å². The van der Waals surface area contributed by atoms with E-state index < -0.39 is 5.97 Å². The molecule has 152 valence electrons. The molecule has 1 N–H and O–H groups in total. The second kappa shape index (κ2) is 8.59. The van der Waals surface area contributed by atoms with Crippen molar-refractivity contribution >= 4 is 29.3 Å². The Morgan fingerprint density at radius 1 is 1.03 bits per heavy atom. The summed E-state index contributed by atoms with van der Waals surface area (Å²) in [6.45, 7) is 0.576. The molecule has 30 heavy (non-hydrogen) atoms. The third-order valence-corrected chi connectivity index (χ3v) is 5.52. The van der Waals surface area contributed by atoms with Gasteiger partial charge < -0.3 is 15.0 Å². The first kappa shape index (κ1) is 20.0. The summed E-state index contributed by atoms with van der Waals surface area (Å²) in [5.41, 5.74) is 4.24. The number of ether oxygens (including phenoxy) is 1. The zero-order valence-corrected chi connectivity index (χ0v) is 17.2. The van der Waals surface area contributed by atoms with E-state index in [1.165, 1.54) is 12.7 Å². The number of benzene rings is 3. The summed E-state index contributed by atoms with van der Waals surface area (Å²) in [6, 6.07) is 22.0. The van der Waals surface area contributed by atoms with Crippen LogP contribution in [0.5, 0.6) is 0 Å². The minimum Gasteiger partial charge on any atom is -0.465 e. The highest BCUT2D eigenvalue weighted by molar-refractivity contribution is 6.30. The predicted molar refractivity (Wildman–Crippen MR) is 117 cm³/mol. The van der Waals surface area contributed by atoms with E-state index in [2.05, 4.69) is 17.4 Å². The van der Waals surface area contributed by atoms with Crippen LogP contribution in [0.1, 0.15) is 33.1 Å². The molecule has 1 heterocycles. The van der Waals surface area contributed by atoms with Gasteiger partial charge in [-0.05, 0) is 53.4 Å². The Labute approximate surface area is 180 Å². The molecule has 0 spiro atoms. The number of amides is 2. The molecule has 0 radical (unpaired) electrons. The fourth-order valence-electron chi connectivity index (χ4n) is 3.83. The van der Waals surface area contributed by atoms with Crippen LogP contribution < -0.4 is 5.32 Å². The molecule has 0 unspecified atom stereocenters. The maximum atomic E-state index is 13.3. The summed E-state index contributed by atoms with van der Waals surface area (Å²) < 4.78 is 4.76. The molecule has 0 saturated heterocycles. The van der Waals surface area contributed by atoms with Crippen LogP contribution in [0.15, 0.2) is 72.8 Å². The Morgan fingerprint density at radius 3 is 2.57 bits per heavy atom. The highest BCUT2D eigenvalue weighted by Gasteiger charge is 2.32. The monoisotopic (exact) mass is 420 g/mol. The SMILES string of the molecule is COC(=O)c1cccc(NC(=O)N2CCc3ccccc3[C@@H]2c2ccc(Cl)cc2)c1. The number of carbonyl (C=O) groups excluding carboxylic acids is 2. The first-order chi connectivity index (χ1) is 14.6. The molecule has 3 aromatic rings. The zero-order valence-electron chi connectivity index (χ0n) is 16.5. The first-order valence-electron chi connectivity index (χ1n) is 9.66. The van der Waals surface area contributed by atoms with Crippen LogP contribution in [-0.2, 0) is 11.2 Å². The van der Waals surface area contributed by atoms with Crippen LogP contribution in [0, 0.1) is 0 Å². The van der Waals surface area contributed by atoms with Crippen LogP contribution in [0.3, 0.4) is 0 Å². The van der Waals surface area contributed by atoms with Crippen LogP contribution in [-0.4, -0.2) is 30.6 Å². The number of esters is 1. The van der Waals surface area contributed by atoms with Gasteiger partial charge in [0.25, 0.3) is 0 Å². The van der Waals surface area contributed by atoms with Crippen molar-refractivity contribution in [1.82, 2.24) is 4.90 Å². The van der Waals surface area contributed by atoms with E-state index in [-0.39, 0.29) is 12.1 Å². The summed E-state index contributed by atoms with van der Waals surface area (Å²) in [5.74, 6) is -0.447. The van der Waals surface area contributed by atoms with E-state index in [9.17, 15) is 9.59 Å². The van der Waals surface area contributed by atoms with E-state index in [1.807, 2.05) is 41.3 Å². The lowest BCUT2D eigenvalue weighted by Crippen LogP contribution is -2.43. The molecular formula is C24H21ClN2O3. The lowest BCUT2D eigenvalue weighted by molar-refractivity contribution is 0.0600. The maximum Gasteiger partial charge on any atom is 0.337 e. The van der Waals surface area contributed by atoms with Gasteiger partial charge in [0, 0.05) is 17.3 Å². The van der Waals surface area contributed by atoms with Crippen LogP contribution in [0.4, 0.5) is 10.5 Å². The maximum absolute atomic E-state index is 13.3. The number of hydrogen-bond acceptors (Lipinski definition) is 3. The van der Waals surface area contributed by atoms with Crippen molar-refractivity contribution < 1.29 is 14.3 Å². The number of halogens is 1. The van der Waals surface area contributed by atoms with Crippen molar-refractivity contribution in [3.63, 3.8) is 0 Å². The van der Waals surface area contributed by atoms with Gasteiger partial charge in [0.05, 0.1) is 18.7 Å². The van der Waals surface area contributed by atoms with Gasteiger partial charge in [0.2, 0.25) is 0 Å². The van der Waals surface area contributed by atoms with E-state index in [0.29, 0.717) is 22.8 Å². The smallest absolute Gasteiger partial charge is 0.337 e. The van der Waals surface area contributed by atoms with Crippen LogP contribution in [0.2, 0.25) is 5.02 Å². The summed E-state index contributed by atoms with van der Waals surface area (Å²) in [7, 11) is 1.33. The Bertz CT molecular complexity index is 1080. The van der Waals surface area contributed by atoms with Crippen molar-refractivity contribution in [1.29, 1.82) is 0 Å². The molecule has 3 aromatic carbocycles. The van der Waals surface area contributed by atoms with Gasteiger partial charge in [-0.25, -0.2) is 9.59 Å². The van der Waals surface area contributed by atoms with E-state index >= 15 is 0 Å². The van der Waals surface area contributed by atoms with Crippen LogP contribution >= 0.6 is 11.6 Å². The normalized spacial score (nSPS) is 15.3. The minimum absolute atomic E-state index is 0.226. The number of nitrogens with zero attached hydrogens (tertiary/aromatic N) is 1. The van der Waals surface area contributed by atoms with Gasteiger partial charge in [0.15, 0.2) is 0 Å². The highest BCUT2D eigenvalue weighted by Crippen LogP contribution is 2.36. The second-order valence-corrected chi connectivity index (χ2v) is 7.54. The number of hydrogen-bond donors (Lipinski definition) is 1. The molecule has 1 aliphatic rings. The molecule has 0 saturated carbocycles. The topological polar surface area (TPSA) is 58.6 Å². The Hall–Kier alpha value is -3.31. The summed E-state index contributed by atoms with van der Waals surface area (Å²) in [5, 5.41) is 3.58. The largest absolute Gasteiger partial charge is 0.465 e. The molecule has 0 aromatic heterocycles. The highest BCUT2D eigenvalue weighted by atomic mass is 35.5. The molecule has 0 fully saturated rings. The zero-order chi connectivity index (χ0) is 21.1. The average molecular weight is 421 g/mol. The van der Waals surface area contributed by atoms with Gasteiger partial charge in [-0.3, -0.25) is 0 Å². The molecule has 0 aliphatic carbocycles. The van der Waals surface area contributed by atoms with E-state index in [4.69, 9.17) is 16.3 Å². The molecule has 4 rings (SSSR count). The first-order valence-corrected chi connectivity index (χ1v) is 10.0. The predicted octanol–water partition coefficient (Wildman–Crippen LogP) is 5.31. The number of fused-ring (bicyclic) bond motifs is 1. The number of carbonyl (C=O) groups is 2. The summed E-state index contributed by atoms with van der Waals surface area (Å²) in [6.07, 6.45) is 0.774. The van der Waals surface area contributed by atoms with Gasteiger partial charge in [-0.2, -0.15) is 0 Å². The standard InChI is InChI=1S/C24H21ClN2O3/c1-30-23(28)18-6-4-7-20(15-18)26-24(29)27-14-13-16-5-2-3-8-21(16)22(27)17-9-11-19(25)12-10-17/h2-12,15,22H,13-14H2,1H3,(H,26,29)/t22-/m0/s1. The third kappa shape index (κ3) is 4.02. The summed E-state index contributed by atoms with van der Waals surface area (Å²) >= 11 is 6.08. The lowest BCUT2D eigenvalue weighted by Gasteiger charge is -2.37. The molecule has 1 aliphatic heterocycles. The van der Waals surface area contributed by atoms with E-state index in [1.54, 1.807) is 24.3 Å². The number of nitrogens with one attached hydrogen (secondary N) is 1. The molecular weight excluding hydrogens is 400 g/mol. The van der Waals surface area contributed by atoms with Crippen molar-refractivity contribution in [2.75, 3.05) is 19.0 Å². The Morgan fingerprint density at radius 2 is 1.80 bits per heavy atom. The second-order valence-electron chi connectivity index (χ2n) is 7.10. The summed E-state index contributed by atoms with van der Waals surface area (Å²) in [4.78, 5) is 26.9. The average Bonchev–Trinajstić information content (AvgIpc) is 2.78. The number of methoxy groups -OCH3 is 1. The molecule has 1 atom stereocenters. The molecule has 6 heteroatoms. The van der Waals surface area contributed by atoms with Crippen molar-refractivity contribution in [3.8, 4) is 0 Å². The fourth-order valence-corrected chi connectivity index (χ4v) is 3.95. The Kier molecular flexibility index (Phi) is 5.72. The minimum atomic E-state index is -0.447. The quantitative estimate of drug-likeness (QED) is 0.584. The molecule has 5 nitrogen and oxygen atoms in total. The lowest BCUT2D eigenvalue weighted by atomic mass is 9.88. The van der Waals surface area contributed by atoms with Gasteiger partial charge >= 0.3 is 12.0 Å². The molecule has 0 bridgehead atoms. The Balaban J connectivity index is 1.65. The third-order valence-electron chi connectivity index (χ3n) is 5.26. The fraction of sp³-hybridized carbons (Fsp3) is 0.167. The van der Waals surface area contributed by atoms with Gasteiger partial charge in [0.1, 0.15) is 0 Å². The van der Waals surface area contributed by atoms with Crippen molar-refractivity contribution in [3.05, 3.63) is 100 Å². The van der Waals surface area contributed by atoms with E-state index in [0.717, 1.165) is 17.5 Å². The van der Waals surface area contributed by atoms with Crippen molar-refractivity contribution in [2.45, 2.75) is 12.5 Å². The van der Waals surface area contributed by atoms with Crippen molar-refractivity contribution in [2.24, 2.45) is 0 Å². The number of anilines is 1. The van der Waals surface area contributed by atoms with Gasteiger partial charge in [-0.15, -0.1) is 0 Å². The number of urea groups is 1. The molecule has 2 amide bonds. The number of rotatable bonds is 3.